The Balaban J connectivity index is 1.63. The molecule has 5 nitrogen and oxygen atoms in total. The average molecular weight is 293 g/mol. The van der Waals surface area contributed by atoms with Gasteiger partial charge in [-0.15, -0.1) is 0 Å². The van der Waals surface area contributed by atoms with E-state index in [1.54, 1.807) is 0 Å². The third kappa shape index (κ3) is 3.28. The first-order chi connectivity index (χ1) is 10.3. The predicted molar refractivity (Wildman–Crippen MR) is 75.9 cm³/mol. The predicted octanol–water partition coefficient (Wildman–Crippen LogP) is 3.65. The summed E-state index contributed by atoms with van der Waals surface area (Å²) in [6, 6.07) is 0. The second kappa shape index (κ2) is 6.60. The third-order valence-electron chi connectivity index (χ3n) is 4.62. The Kier molecular flexibility index (Phi) is 4.58. The number of carbonyl (C=O) groups is 1. The number of esters is 1. The Morgan fingerprint density at radius 1 is 1.29 bits per heavy atom. The molecule has 2 fully saturated rings. The van der Waals surface area contributed by atoms with E-state index in [2.05, 4.69) is 4.98 Å². The molecule has 116 valence electrons. The summed E-state index contributed by atoms with van der Waals surface area (Å²) in [7, 11) is 0. The Bertz CT molecular complexity index is 472. The van der Waals surface area contributed by atoms with Gasteiger partial charge in [-0.1, -0.05) is 19.3 Å². The number of rotatable bonds is 4. The molecule has 0 spiro atoms. The Hall–Kier alpha value is -1.36. The first-order valence-electron chi connectivity index (χ1n) is 8.01. The monoisotopic (exact) mass is 293 g/mol. The zero-order chi connectivity index (χ0) is 14.7. The molecule has 1 aliphatic heterocycles. The molecule has 2 unspecified atom stereocenters. The molecule has 0 radical (unpaired) electrons. The molecule has 5 heteroatoms. The molecule has 0 N–H and O–H groups in total. The molecule has 1 saturated carbocycles. The lowest BCUT2D eigenvalue weighted by Crippen LogP contribution is -2.26. The maximum Gasteiger partial charge on any atom is 0.360 e. The molecule has 1 aromatic heterocycles. The molecule has 21 heavy (non-hydrogen) atoms. The number of oxazole rings is 1. The van der Waals surface area contributed by atoms with Crippen LogP contribution in [0.3, 0.4) is 0 Å². The number of hydrogen-bond acceptors (Lipinski definition) is 5. The summed E-state index contributed by atoms with van der Waals surface area (Å²) in [5.41, 5.74) is 0.282. The molecule has 2 aliphatic rings. The Morgan fingerprint density at radius 2 is 2.10 bits per heavy atom. The smallest absolute Gasteiger partial charge is 0.360 e. The van der Waals surface area contributed by atoms with Crippen molar-refractivity contribution in [1.82, 2.24) is 4.98 Å². The number of ether oxygens (including phenoxy) is 2. The second-order valence-electron chi connectivity index (χ2n) is 6.08. The molecule has 0 amide bonds. The van der Waals surface area contributed by atoms with Crippen molar-refractivity contribution < 1.29 is 18.7 Å². The van der Waals surface area contributed by atoms with Gasteiger partial charge in [-0.2, -0.15) is 0 Å². The van der Waals surface area contributed by atoms with Gasteiger partial charge in [0.25, 0.3) is 0 Å². The van der Waals surface area contributed by atoms with E-state index in [9.17, 15) is 4.79 Å². The van der Waals surface area contributed by atoms with Crippen molar-refractivity contribution in [1.29, 1.82) is 0 Å². The van der Waals surface area contributed by atoms with E-state index in [4.69, 9.17) is 13.9 Å². The van der Waals surface area contributed by atoms with Crippen LogP contribution in [-0.2, 0) is 9.47 Å². The fourth-order valence-corrected chi connectivity index (χ4v) is 3.35. The van der Waals surface area contributed by atoms with E-state index in [-0.39, 0.29) is 23.9 Å². The molecule has 3 rings (SSSR count). The van der Waals surface area contributed by atoms with Gasteiger partial charge < -0.3 is 13.9 Å². The van der Waals surface area contributed by atoms with Crippen LogP contribution in [0, 0.1) is 5.92 Å². The summed E-state index contributed by atoms with van der Waals surface area (Å²) in [6.45, 7) is 2.69. The lowest BCUT2D eigenvalue weighted by Gasteiger charge is -2.27. The zero-order valence-corrected chi connectivity index (χ0v) is 12.5. The minimum Gasteiger partial charge on any atom is -0.458 e. The van der Waals surface area contributed by atoms with Crippen molar-refractivity contribution in [3.8, 4) is 0 Å². The van der Waals surface area contributed by atoms with Crippen molar-refractivity contribution >= 4 is 5.97 Å². The average Bonchev–Trinajstić information content (AvgIpc) is 3.18. The topological polar surface area (TPSA) is 61.6 Å². The maximum absolute atomic E-state index is 12.3. The van der Waals surface area contributed by atoms with Gasteiger partial charge in [-0.3, -0.25) is 0 Å². The molecule has 2 heterocycles. The first kappa shape index (κ1) is 14.6. The first-order valence-corrected chi connectivity index (χ1v) is 8.01. The van der Waals surface area contributed by atoms with Gasteiger partial charge >= 0.3 is 5.97 Å². The molecular weight excluding hydrogens is 270 g/mol. The van der Waals surface area contributed by atoms with Crippen LogP contribution in [0.4, 0.5) is 0 Å². The van der Waals surface area contributed by atoms with Gasteiger partial charge in [0.05, 0.1) is 0 Å². The second-order valence-corrected chi connectivity index (χ2v) is 6.08. The van der Waals surface area contributed by atoms with Crippen LogP contribution in [0.25, 0.3) is 0 Å². The van der Waals surface area contributed by atoms with Gasteiger partial charge in [0, 0.05) is 6.61 Å². The Labute approximate surface area is 125 Å². The van der Waals surface area contributed by atoms with Crippen LogP contribution in [0.15, 0.2) is 10.8 Å². The molecular formula is C16H23NO4. The van der Waals surface area contributed by atoms with Gasteiger partial charge in [0.15, 0.2) is 17.8 Å². The largest absolute Gasteiger partial charge is 0.458 e. The van der Waals surface area contributed by atoms with Crippen molar-refractivity contribution in [2.75, 3.05) is 6.61 Å². The fourth-order valence-electron chi connectivity index (χ4n) is 3.35. The summed E-state index contributed by atoms with van der Waals surface area (Å²) in [4.78, 5) is 16.4. The molecule has 2 atom stereocenters. The lowest BCUT2D eigenvalue weighted by molar-refractivity contribution is 0.0124. The van der Waals surface area contributed by atoms with Gasteiger partial charge in [0.2, 0.25) is 0 Å². The van der Waals surface area contributed by atoms with Crippen LogP contribution >= 0.6 is 0 Å². The van der Waals surface area contributed by atoms with Crippen LogP contribution in [0.2, 0.25) is 0 Å². The van der Waals surface area contributed by atoms with Crippen molar-refractivity contribution in [3.05, 3.63) is 17.8 Å². The van der Waals surface area contributed by atoms with E-state index in [0.29, 0.717) is 18.3 Å². The SMILES string of the molecule is CC(OC(=O)c1ncoc1C1CCCO1)C1CCCCC1. The highest BCUT2D eigenvalue weighted by molar-refractivity contribution is 5.88. The third-order valence-corrected chi connectivity index (χ3v) is 4.62. The molecule has 1 aromatic rings. The zero-order valence-electron chi connectivity index (χ0n) is 12.5. The number of hydrogen-bond donors (Lipinski definition) is 0. The quantitative estimate of drug-likeness (QED) is 0.793. The summed E-state index contributed by atoms with van der Waals surface area (Å²) in [6.07, 6.45) is 8.99. The summed E-state index contributed by atoms with van der Waals surface area (Å²) in [5, 5.41) is 0. The fraction of sp³-hybridized carbons (Fsp3) is 0.750. The highest BCUT2D eigenvalue weighted by Gasteiger charge is 2.31. The summed E-state index contributed by atoms with van der Waals surface area (Å²) in [5.74, 6) is 0.612. The van der Waals surface area contributed by atoms with E-state index >= 15 is 0 Å². The lowest BCUT2D eigenvalue weighted by atomic mass is 9.86. The number of aromatic nitrogens is 1. The normalized spacial score (nSPS) is 24.9. The number of carbonyl (C=O) groups excluding carboxylic acids is 1. The minimum atomic E-state index is -0.382. The minimum absolute atomic E-state index is 0.0631. The molecule has 1 aliphatic carbocycles. The summed E-state index contributed by atoms with van der Waals surface area (Å²) < 4.78 is 16.5. The van der Waals surface area contributed by atoms with Gasteiger partial charge in [0.1, 0.15) is 12.2 Å². The van der Waals surface area contributed by atoms with Gasteiger partial charge in [-0.25, -0.2) is 9.78 Å². The maximum atomic E-state index is 12.3. The van der Waals surface area contributed by atoms with Crippen LogP contribution in [-0.4, -0.2) is 23.7 Å². The van der Waals surface area contributed by atoms with Crippen LogP contribution in [0.1, 0.15) is 74.2 Å². The molecule has 1 saturated heterocycles. The van der Waals surface area contributed by atoms with Gasteiger partial charge in [-0.05, 0) is 38.5 Å². The molecule has 0 bridgehead atoms. The van der Waals surface area contributed by atoms with E-state index in [0.717, 1.165) is 25.7 Å². The highest BCUT2D eigenvalue weighted by Crippen LogP contribution is 2.32. The van der Waals surface area contributed by atoms with Crippen molar-refractivity contribution in [2.24, 2.45) is 5.92 Å². The number of nitrogens with zero attached hydrogens (tertiary/aromatic N) is 1. The van der Waals surface area contributed by atoms with E-state index < -0.39 is 0 Å². The van der Waals surface area contributed by atoms with Crippen LogP contribution < -0.4 is 0 Å². The standard InChI is InChI=1S/C16H23NO4/c1-11(12-6-3-2-4-7-12)21-16(18)14-15(20-10-17-14)13-8-5-9-19-13/h10-13H,2-9H2,1H3. The van der Waals surface area contributed by atoms with Crippen molar-refractivity contribution in [3.63, 3.8) is 0 Å². The van der Waals surface area contributed by atoms with E-state index in [1.807, 2.05) is 6.92 Å². The van der Waals surface area contributed by atoms with E-state index in [1.165, 1.54) is 25.7 Å². The summed E-state index contributed by atoms with van der Waals surface area (Å²) >= 11 is 0. The Morgan fingerprint density at radius 3 is 2.81 bits per heavy atom. The molecule has 0 aromatic carbocycles. The highest BCUT2D eigenvalue weighted by atomic mass is 16.5. The van der Waals surface area contributed by atoms with Crippen molar-refractivity contribution in [2.45, 2.75) is 64.1 Å². The van der Waals surface area contributed by atoms with Crippen LogP contribution in [0.5, 0.6) is 0 Å².